The second-order valence-electron chi connectivity index (χ2n) is 9.10. The first kappa shape index (κ1) is 25.5. The van der Waals surface area contributed by atoms with Gasteiger partial charge in [0.05, 0.1) is 30.5 Å². The SMILES string of the molecule is Cc1cc2cnn(CC(F)F)c2cc1Nc1ncc(C(=O)NCCO)c(N[C@H]2c3ccccc3C[C@H]2O)n1. The third-order valence-electron chi connectivity index (χ3n) is 6.47. The van der Waals surface area contributed by atoms with Gasteiger partial charge in [0, 0.05) is 30.2 Å². The van der Waals surface area contributed by atoms with Crippen LogP contribution in [0.15, 0.2) is 48.8 Å². The van der Waals surface area contributed by atoms with Gasteiger partial charge in [-0.2, -0.15) is 10.1 Å². The Bertz CT molecular complexity index is 1480. The molecule has 0 unspecified atom stereocenters. The van der Waals surface area contributed by atoms with E-state index in [0.717, 1.165) is 22.1 Å². The Labute approximate surface area is 216 Å². The van der Waals surface area contributed by atoms with Crippen molar-refractivity contribution in [1.29, 1.82) is 0 Å². The Morgan fingerprint density at radius 3 is 2.84 bits per heavy atom. The zero-order valence-corrected chi connectivity index (χ0v) is 20.5. The molecule has 5 N–H and O–H groups in total. The number of halogens is 2. The topological polar surface area (TPSA) is 137 Å². The summed E-state index contributed by atoms with van der Waals surface area (Å²) in [6.45, 7) is 1.15. The van der Waals surface area contributed by atoms with Crippen LogP contribution in [0.25, 0.3) is 10.9 Å². The minimum Gasteiger partial charge on any atom is -0.395 e. The van der Waals surface area contributed by atoms with Crippen molar-refractivity contribution in [3.05, 3.63) is 71.0 Å². The molecule has 0 fully saturated rings. The summed E-state index contributed by atoms with van der Waals surface area (Å²) < 4.78 is 27.2. The number of aromatic nitrogens is 4. The number of hydrogen-bond donors (Lipinski definition) is 5. The fraction of sp³-hybridized carbons (Fsp3) is 0.308. The maximum atomic E-state index is 13.0. The van der Waals surface area contributed by atoms with Gasteiger partial charge < -0.3 is 26.2 Å². The number of carbonyl (C=O) groups is 1. The van der Waals surface area contributed by atoms with Crippen LogP contribution in [0.2, 0.25) is 0 Å². The molecule has 10 nitrogen and oxygen atoms in total. The summed E-state index contributed by atoms with van der Waals surface area (Å²) in [5.41, 5.74) is 3.98. The van der Waals surface area contributed by atoms with Crippen molar-refractivity contribution in [2.45, 2.75) is 38.5 Å². The molecule has 198 valence electrons. The first-order chi connectivity index (χ1) is 18.3. The Kier molecular flexibility index (Phi) is 7.16. The number of anilines is 3. The average molecular weight is 524 g/mol. The zero-order valence-electron chi connectivity index (χ0n) is 20.5. The Hall–Kier alpha value is -4.16. The molecule has 38 heavy (non-hydrogen) atoms. The molecule has 0 spiro atoms. The van der Waals surface area contributed by atoms with E-state index in [0.29, 0.717) is 17.6 Å². The molecule has 0 saturated carbocycles. The van der Waals surface area contributed by atoms with Crippen LogP contribution in [0.3, 0.4) is 0 Å². The molecule has 2 heterocycles. The summed E-state index contributed by atoms with van der Waals surface area (Å²) in [7, 11) is 0. The monoisotopic (exact) mass is 523 g/mol. The fourth-order valence-electron chi connectivity index (χ4n) is 4.65. The molecule has 2 aromatic carbocycles. The van der Waals surface area contributed by atoms with Crippen LogP contribution in [0.5, 0.6) is 0 Å². The first-order valence-corrected chi connectivity index (χ1v) is 12.1. The molecule has 0 aliphatic heterocycles. The largest absolute Gasteiger partial charge is 0.395 e. The van der Waals surface area contributed by atoms with E-state index in [4.69, 9.17) is 5.11 Å². The number of aryl methyl sites for hydroxylation is 1. The maximum Gasteiger partial charge on any atom is 0.257 e. The lowest BCUT2D eigenvalue weighted by molar-refractivity contribution is 0.0944. The molecule has 1 aliphatic rings. The highest BCUT2D eigenvalue weighted by molar-refractivity contribution is 5.98. The number of hydrogen-bond acceptors (Lipinski definition) is 8. The summed E-state index contributed by atoms with van der Waals surface area (Å²) in [4.78, 5) is 21.6. The van der Waals surface area contributed by atoms with E-state index in [-0.39, 0.29) is 30.5 Å². The Balaban J connectivity index is 1.49. The van der Waals surface area contributed by atoms with Gasteiger partial charge in [0.2, 0.25) is 5.95 Å². The van der Waals surface area contributed by atoms with Crippen molar-refractivity contribution in [2.24, 2.45) is 0 Å². The van der Waals surface area contributed by atoms with Gasteiger partial charge in [0.15, 0.2) is 0 Å². The van der Waals surface area contributed by atoms with Gasteiger partial charge >= 0.3 is 0 Å². The van der Waals surface area contributed by atoms with Crippen LogP contribution in [-0.4, -0.2) is 61.5 Å². The van der Waals surface area contributed by atoms with Crippen molar-refractivity contribution < 1.29 is 23.8 Å². The molecular weight excluding hydrogens is 496 g/mol. The van der Waals surface area contributed by atoms with E-state index in [1.54, 1.807) is 6.07 Å². The van der Waals surface area contributed by atoms with Crippen LogP contribution in [0, 0.1) is 6.92 Å². The van der Waals surface area contributed by atoms with Gasteiger partial charge in [0.1, 0.15) is 17.9 Å². The highest BCUT2D eigenvalue weighted by Crippen LogP contribution is 2.35. The van der Waals surface area contributed by atoms with Gasteiger partial charge in [-0.25, -0.2) is 13.8 Å². The lowest BCUT2D eigenvalue weighted by Gasteiger charge is -2.21. The van der Waals surface area contributed by atoms with Crippen LogP contribution in [0.1, 0.15) is 33.1 Å². The number of aliphatic hydroxyl groups excluding tert-OH is 2. The number of amides is 1. The molecule has 0 radical (unpaired) electrons. The minimum absolute atomic E-state index is 0.0542. The van der Waals surface area contributed by atoms with E-state index in [9.17, 15) is 18.7 Å². The standard InChI is InChI=1S/C26H27F2N7O3/c1-14-8-16-11-31-35(13-22(27)28)20(16)10-19(14)32-26-30-12-18(25(38)29-6-7-36)24(34-26)33-23-17-5-3-2-4-15(17)9-21(23)37/h2-5,8,10-12,21-23,36-37H,6-7,9,13H2,1H3,(H,29,38)(H2,30,32,33,34)/t21-,23+/m1/s1. The van der Waals surface area contributed by atoms with Gasteiger partial charge in [-0.1, -0.05) is 24.3 Å². The molecule has 1 aliphatic carbocycles. The first-order valence-electron chi connectivity index (χ1n) is 12.1. The minimum atomic E-state index is -2.55. The van der Waals surface area contributed by atoms with E-state index in [2.05, 4.69) is 31.0 Å². The number of carbonyl (C=O) groups excluding carboxylic acids is 1. The van der Waals surface area contributed by atoms with Crippen LogP contribution < -0.4 is 16.0 Å². The van der Waals surface area contributed by atoms with Crippen molar-refractivity contribution in [3.8, 4) is 0 Å². The lowest BCUT2D eigenvalue weighted by Crippen LogP contribution is -2.29. The number of alkyl halides is 2. The number of nitrogens with one attached hydrogen (secondary N) is 3. The molecule has 4 aromatic rings. The van der Waals surface area contributed by atoms with E-state index in [1.165, 1.54) is 17.1 Å². The second kappa shape index (κ2) is 10.7. The average Bonchev–Trinajstić information content (AvgIpc) is 3.42. The Morgan fingerprint density at radius 2 is 2.05 bits per heavy atom. The highest BCUT2D eigenvalue weighted by Gasteiger charge is 2.32. The van der Waals surface area contributed by atoms with Crippen molar-refractivity contribution in [2.75, 3.05) is 23.8 Å². The number of nitrogens with zero attached hydrogens (tertiary/aromatic N) is 4. The summed E-state index contributed by atoms with van der Waals surface area (Å²) >= 11 is 0. The molecule has 0 bridgehead atoms. The van der Waals surface area contributed by atoms with Crippen LogP contribution in [0.4, 0.5) is 26.2 Å². The number of benzene rings is 2. The van der Waals surface area contributed by atoms with Gasteiger partial charge in [0.25, 0.3) is 12.3 Å². The third kappa shape index (κ3) is 5.13. The normalized spacial score (nSPS) is 16.6. The molecule has 2 atom stereocenters. The Morgan fingerprint density at radius 1 is 1.24 bits per heavy atom. The molecule has 1 amide bonds. The summed E-state index contributed by atoms with van der Waals surface area (Å²) in [5.74, 6) is -0.128. The molecule has 12 heteroatoms. The molecule has 0 saturated heterocycles. The quantitative estimate of drug-likeness (QED) is 0.226. The number of rotatable bonds is 9. The maximum absolute atomic E-state index is 13.0. The molecule has 5 rings (SSSR count). The second-order valence-corrected chi connectivity index (χ2v) is 9.10. The predicted molar refractivity (Wildman–Crippen MR) is 138 cm³/mol. The smallest absolute Gasteiger partial charge is 0.257 e. The third-order valence-corrected chi connectivity index (χ3v) is 6.47. The van der Waals surface area contributed by atoms with Gasteiger partial charge in [-0.05, 0) is 35.7 Å². The predicted octanol–water partition coefficient (Wildman–Crippen LogP) is 2.94. The molecular formula is C26H27F2N7O3. The number of fused-ring (bicyclic) bond motifs is 2. The summed E-state index contributed by atoms with van der Waals surface area (Å²) in [6, 6.07) is 10.7. The summed E-state index contributed by atoms with van der Waals surface area (Å²) in [5, 5.41) is 33.6. The highest BCUT2D eigenvalue weighted by atomic mass is 19.3. The van der Waals surface area contributed by atoms with E-state index < -0.39 is 31.0 Å². The lowest BCUT2D eigenvalue weighted by atomic mass is 10.1. The van der Waals surface area contributed by atoms with Crippen molar-refractivity contribution >= 4 is 34.3 Å². The zero-order chi connectivity index (χ0) is 26.8. The van der Waals surface area contributed by atoms with Crippen molar-refractivity contribution in [1.82, 2.24) is 25.1 Å². The van der Waals surface area contributed by atoms with Gasteiger partial charge in [-0.3, -0.25) is 9.48 Å². The molecule has 2 aromatic heterocycles. The number of aliphatic hydroxyl groups is 2. The van der Waals surface area contributed by atoms with Gasteiger partial charge in [-0.15, -0.1) is 0 Å². The van der Waals surface area contributed by atoms with Crippen LogP contribution >= 0.6 is 0 Å². The van der Waals surface area contributed by atoms with Crippen molar-refractivity contribution in [3.63, 3.8) is 0 Å². The fourth-order valence-corrected chi connectivity index (χ4v) is 4.65. The van der Waals surface area contributed by atoms with E-state index in [1.807, 2.05) is 37.3 Å². The van der Waals surface area contributed by atoms with E-state index >= 15 is 0 Å². The summed E-state index contributed by atoms with van der Waals surface area (Å²) in [6.07, 6.45) is 0.0753. The van der Waals surface area contributed by atoms with Crippen LogP contribution in [-0.2, 0) is 13.0 Å².